The van der Waals surface area contributed by atoms with Crippen molar-refractivity contribution in [3.05, 3.63) is 75.3 Å². The Morgan fingerprint density at radius 1 is 1.14 bits per heavy atom. The summed E-state index contributed by atoms with van der Waals surface area (Å²) in [6, 6.07) is 12.3. The molecule has 8 heteroatoms. The van der Waals surface area contributed by atoms with Crippen LogP contribution in [0.2, 0.25) is 0 Å². The minimum Gasteiger partial charge on any atom is -0.297 e. The Morgan fingerprint density at radius 2 is 1.90 bits per heavy atom. The Bertz CT molecular complexity index is 1200. The normalized spacial score (nSPS) is 14.6. The average molecular weight is 410 g/mol. The number of pyridine rings is 1. The molecule has 0 fully saturated rings. The summed E-state index contributed by atoms with van der Waals surface area (Å²) < 4.78 is 23.3. The summed E-state index contributed by atoms with van der Waals surface area (Å²) in [6.07, 6.45) is 3.44. The highest BCUT2D eigenvalue weighted by atomic mass is 32.2. The number of nitrogens with one attached hydrogen (secondary N) is 1. The number of H-pyrrole nitrogens is 1. The molecule has 0 saturated carbocycles. The summed E-state index contributed by atoms with van der Waals surface area (Å²) in [5.41, 5.74) is 4.99. The number of fused-ring (bicyclic) bond motifs is 1. The number of aromatic amines is 1. The molecule has 1 N–H and O–H groups in total. The minimum absolute atomic E-state index is 0.259. The lowest BCUT2D eigenvalue weighted by molar-refractivity contribution is 0.240. The number of aromatic nitrogens is 3. The molecule has 0 aliphatic carbocycles. The lowest BCUT2D eigenvalue weighted by Gasteiger charge is -2.27. The third-order valence-electron chi connectivity index (χ3n) is 5.06. The molecule has 7 nitrogen and oxygen atoms in total. The number of rotatable bonds is 4. The Balaban J connectivity index is 1.49. The first-order valence-corrected chi connectivity index (χ1v) is 11.3. The van der Waals surface area contributed by atoms with Gasteiger partial charge in [0.05, 0.1) is 17.0 Å². The van der Waals surface area contributed by atoms with E-state index in [0.717, 1.165) is 23.1 Å². The van der Waals surface area contributed by atoms with Gasteiger partial charge in [0.25, 0.3) is 5.56 Å². The van der Waals surface area contributed by atoms with Gasteiger partial charge in [-0.2, -0.15) is 0 Å². The van der Waals surface area contributed by atoms with Gasteiger partial charge >= 0.3 is 0 Å². The second-order valence-corrected chi connectivity index (χ2v) is 9.38. The SMILES string of the molecule is Cc1ccc(-c2ccc(CN3CCc4nc(S(C)(=O)=O)[nH]c(=O)c4C3)cn2)cc1. The lowest BCUT2D eigenvalue weighted by Crippen LogP contribution is -2.36. The van der Waals surface area contributed by atoms with Crippen LogP contribution in [0.3, 0.4) is 0 Å². The summed E-state index contributed by atoms with van der Waals surface area (Å²) in [6.45, 7) is 3.85. The van der Waals surface area contributed by atoms with E-state index in [-0.39, 0.29) is 10.7 Å². The maximum Gasteiger partial charge on any atom is 0.256 e. The maximum absolute atomic E-state index is 12.4. The molecule has 29 heavy (non-hydrogen) atoms. The van der Waals surface area contributed by atoms with Crippen LogP contribution in [-0.4, -0.2) is 41.1 Å². The van der Waals surface area contributed by atoms with Gasteiger partial charge in [-0.15, -0.1) is 0 Å². The number of nitrogens with zero attached hydrogens (tertiary/aromatic N) is 3. The molecule has 3 heterocycles. The molecule has 0 atom stereocenters. The van der Waals surface area contributed by atoms with Crippen LogP contribution in [0.4, 0.5) is 0 Å². The number of aryl methyl sites for hydroxylation is 1. The first kappa shape index (κ1) is 19.5. The van der Waals surface area contributed by atoms with Crippen LogP contribution < -0.4 is 5.56 Å². The Morgan fingerprint density at radius 3 is 2.55 bits per heavy atom. The van der Waals surface area contributed by atoms with Crippen molar-refractivity contribution in [3.63, 3.8) is 0 Å². The number of hydrogen-bond donors (Lipinski definition) is 1. The van der Waals surface area contributed by atoms with Crippen LogP contribution in [-0.2, 0) is 29.3 Å². The van der Waals surface area contributed by atoms with E-state index < -0.39 is 9.84 Å². The van der Waals surface area contributed by atoms with Crippen LogP contribution in [0.5, 0.6) is 0 Å². The van der Waals surface area contributed by atoms with Gasteiger partial charge < -0.3 is 0 Å². The van der Waals surface area contributed by atoms with Crippen molar-refractivity contribution in [2.45, 2.75) is 31.6 Å². The van der Waals surface area contributed by atoms with Crippen molar-refractivity contribution in [2.24, 2.45) is 0 Å². The van der Waals surface area contributed by atoms with Gasteiger partial charge in [0.2, 0.25) is 15.0 Å². The zero-order valence-corrected chi connectivity index (χ0v) is 17.2. The van der Waals surface area contributed by atoms with Crippen molar-refractivity contribution in [1.29, 1.82) is 0 Å². The molecular weight excluding hydrogens is 388 g/mol. The highest BCUT2D eigenvalue weighted by molar-refractivity contribution is 7.90. The van der Waals surface area contributed by atoms with Gasteiger partial charge in [-0.05, 0) is 18.6 Å². The zero-order chi connectivity index (χ0) is 20.6. The fourth-order valence-corrected chi connectivity index (χ4v) is 3.99. The summed E-state index contributed by atoms with van der Waals surface area (Å²) >= 11 is 0. The van der Waals surface area contributed by atoms with Crippen LogP contribution in [0.25, 0.3) is 11.3 Å². The van der Waals surface area contributed by atoms with Crippen molar-refractivity contribution >= 4 is 9.84 Å². The first-order chi connectivity index (χ1) is 13.8. The summed E-state index contributed by atoms with van der Waals surface area (Å²) in [4.78, 5) is 25.6. The molecule has 2 aromatic heterocycles. The molecule has 0 amide bonds. The monoisotopic (exact) mass is 410 g/mol. The van der Waals surface area contributed by atoms with Crippen molar-refractivity contribution in [2.75, 3.05) is 12.8 Å². The Hall–Kier alpha value is -2.84. The number of benzene rings is 1. The van der Waals surface area contributed by atoms with Gasteiger partial charge in [0, 0.05) is 44.1 Å². The number of sulfone groups is 1. The average Bonchev–Trinajstić information content (AvgIpc) is 2.69. The summed E-state index contributed by atoms with van der Waals surface area (Å²) in [5.74, 6) is 0. The zero-order valence-electron chi connectivity index (χ0n) is 16.3. The number of hydrogen-bond acceptors (Lipinski definition) is 6. The van der Waals surface area contributed by atoms with Crippen molar-refractivity contribution < 1.29 is 8.42 Å². The lowest BCUT2D eigenvalue weighted by atomic mass is 10.1. The standard InChI is InChI=1S/C21H22N4O3S/c1-14-3-6-16(7-4-14)18-8-5-15(11-22-18)12-25-10-9-19-17(13-25)20(26)24-21(23-19)29(2,27)28/h3-8,11H,9-10,12-13H2,1-2H3,(H,23,24,26). The van der Waals surface area contributed by atoms with Gasteiger partial charge in [0.15, 0.2) is 0 Å². The van der Waals surface area contributed by atoms with Gasteiger partial charge in [-0.3, -0.25) is 19.7 Å². The predicted octanol–water partition coefficient (Wildman–Crippen LogP) is 2.10. The van der Waals surface area contributed by atoms with Gasteiger partial charge in [0.1, 0.15) is 0 Å². The second kappa shape index (κ2) is 7.53. The highest BCUT2D eigenvalue weighted by Crippen LogP contribution is 2.20. The fourth-order valence-electron chi connectivity index (χ4n) is 3.44. The molecule has 0 radical (unpaired) electrons. The van der Waals surface area contributed by atoms with Crippen molar-refractivity contribution in [3.8, 4) is 11.3 Å². The molecular formula is C21H22N4O3S. The molecule has 150 valence electrons. The topological polar surface area (TPSA) is 96.0 Å². The van der Waals surface area contributed by atoms with E-state index in [1.165, 1.54) is 5.56 Å². The van der Waals surface area contributed by atoms with Crippen LogP contribution in [0.15, 0.2) is 52.5 Å². The van der Waals surface area contributed by atoms with E-state index in [1.54, 1.807) is 0 Å². The third kappa shape index (κ3) is 4.28. The van der Waals surface area contributed by atoms with E-state index in [9.17, 15) is 13.2 Å². The molecule has 0 bridgehead atoms. The molecule has 0 spiro atoms. The van der Waals surface area contributed by atoms with E-state index in [4.69, 9.17) is 0 Å². The van der Waals surface area contributed by atoms with Gasteiger partial charge in [-0.25, -0.2) is 13.4 Å². The highest BCUT2D eigenvalue weighted by Gasteiger charge is 2.23. The smallest absolute Gasteiger partial charge is 0.256 e. The summed E-state index contributed by atoms with van der Waals surface area (Å²) in [7, 11) is -3.54. The van der Waals surface area contributed by atoms with E-state index >= 15 is 0 Å². The molecule has 1 aliphatic heterocycles. The van der Waals surface area contributed by atoms with Gasteiger partial charge in [-0.1, -0.05) is 35.9 Å². The molecule has 0 unspecified atom stereocenters. The first-order valence-electron chi connectivity index (χ1n) is 9.36. The predicted molar refractivity (Wildman–Crippen MR) is 110 cm³/mol. The summed E-state index contributed by atoms with van der Waals surface area (Å²) in [5, 5.41) is -0.259. The van der Waals surface area contributed by atoms with E-state index in [0.29, 0.717) is 37.3 Å². The molecule has 0 saturated heterocycles. The van der Waals surface area contributed by atoms with Crippen LogP contribution in [0.1, 0.15) is 22.4 Å². The Labute approximate surface area is 169 Å². The molecule has 3 aromatic rings. The minimum atomic E-state index is -3.54. The fraction of sp³-hybridized carbons (Fsp3) is 0.286. The molecule has 4 rings (SSSR count). The molecule has 1 aliphatic rings. The maximum atomic E-state index is 12.4. The quantitative estimate of drug-likeness (QED) is 0.662. The van der Waals surface area contributed by atoms with E-state index in [1.807, 2.05) is 18.3 Å². The van der Waals surface area contributed by atoms with E-state index in [2.05, 4.69) is 51.0 Å². The molecule has 1 aromatic carbocycles. The largest absolute Gasteiger partial charge is 0.297 e. The Kier molecular flexibility index (Phi) is 5.06. The third-order valence-corrected chi connectivity index (χ3v) is 5.95. The second-order valence-electron chi connectivity index (χ2n) is 7.45. The van der Waals surface area contributed by atoms with Crippen molar-refractivity contribution in [1.82, 2.24) is 19.9 Å². The van der Waals surface area contributed by atoms with Crippen LogP contribution >= 0.6 is 0 Å². The van der Waals surface area contributed by atoms with Crippen LogP contribution in [0, 0.1) is 6.92 Å².